The van der Waals surface area contributed by atoms with Crippen molar-refractivity contribution in [1.29, 1.82) is 0 Å². The summed E-state index contributed by atoms with van der Waals surface area (Å²) < 4.78 is 56.2. The topological polar surface area (TPSA) is 97.9 Å². The summed E-state index contributed by atoms with van der Waals surface area (Å²) >= 11 is 5.83. The van der Waals surface area contributed by atoms with Gasteiger partial charge in [0.25, 0.3) is 11.7 Å². The van der Waals surface area contributed by atoms with Crippen molar-refractivity contribution in [2.45, 2.75) is 63.3 Å². The van der Waals surface area contributed by atoms with Gasteiger partial charge in [-0.2, -0.15) is 13.2 Å². The molecule has 2 aliphatic carbocycles. The molecular weight excluding hydrogens is 528 g/mol. The van der Waals surface area contributed by atoms with E-state index in [9.17, 15) is 27.5 Å². The highest BCUT2D eigenvalue weighted by atomic mass is 35.5. The summed E-state index contributed by atoms with van der Waals surface area (Å²) in [5.74, 6) is -2.35. The van der Waals surface area contributed by atoms with Crippen molar-refractivity contribution >= 4 is 23.2 Å². The summed E-state index contributed by atoms with van der Waals surface area (Å²) in [4.78, 5) is 21.3. The maximum atomic E-state index is 13.5. The molecule has 204 valence electrons. The number of alkyl halides is 3. The minimum Gasteiger partial charge on any atom is -0.382 e. The van der Waals surface area contributed by atoms with E-state index < -0.39 is 35.4 Å². The Morgan fingerprint density at radius 1 is 1.24 bits per heavy atom. The Bertz CT molecular complexity index is 1370. The van der Waals surface area contributed by atoms with Crippen LogP contribution in [0.25, 0.3) is 0 Å². The van der Waals surface area contributed by atoms with E-state index in [1.165, 1.54) is 22.9 Å². The second-order valence-corrected chi connectivity index (χ2v) is 11.0. The number of amides is 1. The number of aryl methyl sites for hydroxylation is 1. The van der Waals surface area contributed by atoms with Crippen LogP contribution in [-0.2, 0) is 18.8 Å². The minimum absolute atomic E-state index is 0.0190. The highest BCUT2D eigenvalue weighted by Crippen LogP contribution is 2.57. The lowest BCUT2D eigenvalue weighted by Crippen LogP contribution is -2.29. The van der Waals surface area contributed by atoms with E-state index in [0.29, 0.717) is 29.9 Å². The summed E-state index contributed by atoms with van der Waals surface area (Å²) in [6.45, 7) is 3.39. The van der Waals surface area contributed by atoms with Crippen molar-refractivity contribution < 1.29 is 27.5 Å². The average molecular weight is 555 g/mol. The molecule has 2 aliphatic rings. The molecule has 1 aromatic carbocycles. The fraction of sp³-hybridized carbons (Fsp3) is 0.520. The van der Waals surface area contributed by atoms with Gasteiger partial charge in [0.05, 0.1) is 17.0 Å². The maximum absolute atomic E-state index is 13.5. The third-order valence-corrected chi connectivity index (χ3v) is 7.87. The van der Waals surface area contributed by atoms with Crippen molar-refractivity contribution in [1.82, 2.24) is 24.3 Å². The molecule has 0 saturated heterocycles. The van der Waals surface area contributed by atoms with Crippen LogP contribution in [0.15, 0.2) is 24.5 Å². The van der Waals surface area contributed by atoms with Gasteiger partial charge in [-0.25, -0.2) is 19.0 Å². The number of anilines is 1. The van der Waals surface area contributed by atoms with Crippen molar-refractivity contribution in [2.75, 3.05) is 5.32 Å². The number of carbonyl (C=O) groups is 1. The van der Waals surface area contributed by atoms with Gasteiger partial charge < -0.3 is 15.0 Å². The summed E-state index contributed by atoms with van der Waals surface area (Å²) in [6, 6.07) is 3.50. The summed E-state index contributed by atoms with van der Waals surface area (Å²) in [7, 11) is 1.70. The standard InChI is InChI=1S/C25H27ClF4N6O2/c1-12(2)36-23(33-22(34-36)25(28,29)30)24(38)9-14-6-13(7-15(14)10-24)19-20(35(3)11-31-19)21(37)32-16-4-5-18(27)17(26)8-16/h4-5,8,11-15,38H,6-7,9-10H2,1-3H3,(H,32,37). The molecule has 38 heavy (non-hydrogen) atoms. The number of fused-ring (bicyclic) bond motifs is 1. The number of hydrogen-bond acceptors (Lipinski definition) is 5. The number of imidazole rings is 1. The number of benzene rings is 1. The Hall–Kier alpha value is -2.99. The van der Waals surface area contributed by atoms with E-state index in [0.717, 1.165) is 0 Å². The van der Waals surface area contributed by atoms with Crippen LogP contribution in [0.4, 0.5) is 23.2 Å². The molecule has 0 bridgehead atoms. The van der Waals surface area contributed by atoms with Crippen LogP contribution in [0.3, 0.4) is 0 Å². The first-order chi connectivity index (χ1) is 17.8. The Morgan fingerprint density at radius 3 is 2.47 bits per heavy atom. The van der Waals surface area contributed by atoms with Crippen LogP contribution in [0.1, 0.15) is 79.3 Å². The van der Waals surface area contributed by atoms with E-state index in [2.05, 4.69) is 20.4 Å². The van der Waals surface area contributed by atoms with Crippen LogP contribution < -0.4 is 5.32 Å². The molecule has 2 N–H and O–H groups in total. The van der Waals surface area contributed by atoms with Gasteiger partial charge in [0.15, 0.2) is 5.82 Å². The van der Waals surface area contributed by atoms with Crippen LogP contribution >= 0.6 is 11.6 Å². The minimum atomic E-state index is -4.71. The number of rotatable bonds is 5. The summed E-state index contributed by atoms with van der Waals surface area (Å²) in [5.41, 5.74) is -0.205. The molecule has 2 aromatic heterocycles. The highest BCUT2D eigenvalue weighted by Gasteiger charge is 2.53. The number of nitrogens with zero attached hydrogens (tertiary/aromatic N) is 5. The monoisotopic (exact) mass is 554 g/mol. The first-order valence-electron chi connectivity index (χ1n) is 12.3. The van der Waals surface area contributed by atoms with Gasteiger partial charge in [0.1, 0.15) is 17.1 Å². The maximum Gasteiger partial charge on any atom is 0.453 e. The fourth-order valence-electron chi connectivity index (χ4n) is 5.98. The molecule has 5 rings (SSSR count). The largest absolute Gasteiger partial charge is 0.453 e. The second-order valence-electron chi connectivity index (χ2n) is 10.6. The van der Waals surface area contributed by atoms with E-state index in [-0.39, 0.29) is 41.4 Å². The van der Waals surface area contributed by atoms with Gasteiger partial charge in [0, 0.05) is 24.7 Å². The van der Waals surface area contributed by atoms with Gasteiger partial charge in [-0.15, -0.1) is 5.10 Å². The fourth-order valence-corrected chi connectivity index (χ4v) is 6.16. The number of nitrogens with one attached hydrogen (secondary N) is 1. The zero-order valence-corrected chi connectivity index (χ0v) is 21.7. The van der Waals surface area contributed by atoms with Gasteiger partial charge in [0.2, 0.25) is 0 Å². The van der Waals surface area contributed by atoms with Crippen LogP contribution in [-0.4, -0.2) is 35.3 Å². The lowest BCUT2D eigenvalue weighted by molar-refractivity contribution is -0.145. The lowest BCUT2D eigenvalue weighted by Gasteiger charge is -2.25. The zero-order valence-electron chi connectivity index (χ0n) is 20.9. The van der Waals surface area contributed by atoms with Gasteiger partial charge in [-0.1, -0.05) is 11.6 Å². The smallest absolute Gasteiger partial charge is 0.382 e. The molecule has 2 heterocycles. The molecule has 1 amide bonds. The highest BCUT2D eigenvalue weighted by molar-refractivity contribution is 6.31. The Balaban J connectivity index is 1.34. The molecule has 2 unspecified atom stereocenters. The number of hydrogen-bond donors (Lipinski definition) is 2. The predicted octanol–water partition coefficient (Wildman–Crippen LogP) is 5.45. The van der Waals surface area contributed by atoms with Gasteiger partial charge >= 0.3 is 6.18 Å². The van der Waals surface area contributed by atoms with E-state index >= 15 is 0 Å². The third kappa shape index (κ3) is 4.68. The van der Waals surface area contributed by atoms with Crippen molar-refractivity contribution in [2.24, 2.45) is 18.9 Å². The number of halogens is 5. The molecule has 0 radical (unpaired) electrons. The number of carbonyl (C=O) groups excluding carboxylic acids is 1. The molecule has 13 heteroatoms. The third-order valence-electron chi connectivity index (χ3n) is 7.58. The van der Waals surface area contributed by atoms with Crippen LogP contribution in [0.5, 0.6) is 0 Å². The van der Waals surface area contributed by atoms with Crippen molar-refractivity contribution in [3.8, 4) is 0 Å². The molecule has 0 spiro atoms. The van der Waals surface area contributed by atoms with E-state index in [1.54, 1.807) is 31.8 Å². The second kappa shape index (κ2) is 9.33. The van der Waals surface area contributed by atoms with E-state index in [1.807, 2.05) is 0 Å². The van der Waals surface area contributed by atoms with Gasteiger partial charge in [-0.3, -0.25) is 4.79 Å². The van der Waals surface area contributed by atoms with E-state index in [4.69, 9.17) is 11.6 Å². The molecule has 2 saturated carbocycles. The number of aromatic nitrogens is 5. The molecule has 3 aromatic rings. The molecule has 8 nitrogen and oxygen atoms in total. The first kappa shape index (κ1) is 26.6. The quantitative estimate of drug-likeness (QED) is 0.409. The summed E-state index contributed by atoms with van der Waals surface area (Å²) in [6.07, 6.45) is -1.42. The number of aliphatic hydroxyl groups is 1. The summed E-state index contributed by atoms with van der Waals surface area (Å²) in [5, 5.41) is 17.7. The first-order valence-corrected chi connectivity index (χ1v) is 12.7. The zero-order chi connectivity index (χ0) is 27.6. The average Bonchev–Trinajstić information content (AvgIpc) is 3.56. The SMILES string of the molecule is CC(C)n1nc(C(F)(F)F)nc1C1(O)CC2CC(c3ncn(C)c3C(=O)Nc3ccc(F)c(Cl)c3)CC2C1. The van der Waals surface area contributed by atoms with Gasteiger partial charge in [-0.05, 0) is 69.6 Å². The van der Waals surface area contributed by atoms with Crippen molar-refractivity contribution in [3.05, 3.63) is 58.4 Å². The van der Waals surface area contributed by atoms with Crippen LogP contribution in [0, 0.1) is 17.7 Å². The molecule has 0 aliphatic heterocycles. The Morgan fingerprint density at radius 2 is 1.89 bits per heavy atom. The lowest BCUT2D eigenvalue weighted by atomic mass is 9.91. The normalized spacial score (nSPS) is 25.3. The van der Waals surface area contributed by atoms with Crippen molar-refractivity contribution in [3.63, 3.8) is 0 Å². The predicted molar refractivity (Wildman–Crippen MR) is 130 cm³/mol. The Kier molecular flexibility index (Phi) is 6.54. The molecule has 2 fully saturated rings. The van der Waals surface area contributed by atoms with Crippen LogP contribution in [0.2, 0.25) is 5.02 Å². The Labute approximate surface area is 221 Å². The molecule has 2 atom stereocenters. The molecular formula is C25H27ClF4N6O2.